The van der Waals surface area contributed by atoms with Gasteiger partial charge in [0.1, 0.15) is 5.82 Å². The number of nitrogens with two attached hydrogens (primary N) is 1. The number of aromatic amines is 1. The Morgan fingerprint density at radius 1 is 1.29 bits per heavy atom. The second-order valence-corrected chi connectivity index (χ2v) is 8.10. The Hall–Kier alpha value is -3.34. The Morgan fingerprint density at radius 3 is 2.71 bits per heavy atom. The van der Waals surface area contributed by atoms with Gasteiger partial charge in [-0.3, -0.25) is 19.1 Å². The van der Waals surface area contributed by atoms with Crippen molar-refractivity contribution in [1.29, 1.82) is 0 Å². The maximum atomic E-state index is 12.9. The van der Waals surface area contributed by atoms with Crippen LogP contribution in [0, 0.1) is 0 Å². The third-order valence-corrected chi connectivity index (χ3v) is 5.76. The summed E-state index contributed by atoms with van der Waals surface area (Å²) in [5, 5.41) is 8.25. The van der Waals surface area contributed by atoms with Gasteiger partial charge in [-0.05, 0) is 25.3 Å². The fourth-order valence-electron chi connectivity index (χ4n) is 3.20. The monoisotopic (exact) mass is 442 g/mol. The van der Waals surface area contributed by atoms with E-state index in [0.29, 0.717) is 17.0 Å². The summed E-state index contributed by atoms with van der Waals surface area (Å²) in [6, 6.07) is 9.23. The number of carbonyl (C=O) groups is 1. The lowest BCUT2D eigenvalue weighted by Gasteiger charge is -2.22. The minimum Gasteiger partial charge on any atom is -0.416 e. The number of rotatable bonds is 8. The van der Waals surface area contributed by atoms with Crippen LogP contribution in [0.2, 0.25) is 0 Å². The van der Waals surface area contributed by atoms with Crippen molar-refractivity contribution < 1.29 is 9.21 Å². The molecule has 4 rings (SSSR count). The number of amides is 1. The second-order valence-electron chi connectivity index (χ2n) is 7.17. The number of nitrogens with one attached hydrogen (secondary N) is 1. The maximum absolute atomic E-state index is 12.9. The quantitative estimate of drug-likeness (QED) is 0.501. The smallest absolute Gasteiger partial charge is 0.330 e. The molecule has 2 heterocycles. The fraction of sp³-hybridized carbons (Fsp3) is 0.350. The number of nitrogen functional groups attached to an aromatic ring is 1. The van der Waals surface area contributed by atoms with E-state index in [1.165, 1.54) is 9.47 Å². The zero-order valence-electron chi connectivity index (χ0n) is 16.9. The van der Waals surface area contributed by atoms with Gasteiger partial charge in [0, 0.05) is 12.5 Å². The van der Waals surface area contributed by atoms with Gasteiger partial charge in [-0.2, -0.15) is 0 Å². The van der Waals surface area contributed by atoms with Crippen molar-refractivity contribution in [3.8, 4) is 0 Å². The number of hydrogen-bond donors (Lipinski definition) is 2. The molecule has 1 amide bonds. The first-order chi connectivity index (χ1) is 15.0. The maximum Gasteiger partial charge on any atom is 0.330 e. The molecular weight excluding hydrogens is 420 g/mol. The van der Waals surface area contributed by atoms with E-state index in [1.54, 1.807) is 6.92 Å². The zero-order valence-corrected chi connectivity index (χ0v) is 17.7. The van der Waals surface area contributed by atoms with E-state index in [0.717, 1.165) is 30.2 Å². The highest BCUT2D eigenvalue weighted by Crippen LogP contribution is 2.39. The Morgan fingerprint density at radius 2 is 2.03 bits per heavy atom. The second kappa shape index (κ2) is 8.80. The molecule has 31 heavy (non-hydrogen) atoms. The fourth-order valence-corrected chi connectivity index (χ4v) is 3.84. The molecule has 1 saturated carbocycles. The van der Waals surface area contributed by atoms with Crippen molar-refractivity contribution in [3.63, 3.8) is 0 Å². The highest BCUT2D eigenvalue weighted by atomic mass is 32.2. The van der Waals surface area contributed by atoms with E-state index in [1.807, 2.05) is 30.3 Å². The van der Waals surface area contributed by atoms with Crippen molar-refractivity contribution in [3.05, 3.63) is 62.6 Å². The number of hydrogen-bond acceptors (Lipinski definition) is 8. The van der Waals surface area contributed by atoms with Crippen LogP contribution in [0.1, 0.15) is 37.1 Å². The number of nitrogens with zero attached hydrogens (tertiary/aromatic N) is 4. The van der Waals surface area contributed by atoms with Crippen molar-refractivity contribution >= 4 is 29.2 Å². The topological polar surface area (TPSA) is 140 Å². The average molecular weight is 443 g/mol. The SMILES string of the molecule is CCN(C(=O)CSc1nnc(C2CC2)o1)c1c(N)n(Cc2ccccc2)c(=O)[nH]c1=O. The number of thioether (sulfide) groups is 1. The van der Waals surface area contributed by atoms with Crippen LogP contribution in [0.15, 0.2) is 49.6 Å². The molecule has 0 saturated heterocycles. The minimum absolute atomic E-state index is 0.0170. The Balaban J connectivity index is 1.56. The lowest BCUT2D eigenvalue weighted by molar-refractivity contribution is -0.116. The van der Waals surface area contributed by atoms with Gasteiger partial charge in [-0.15, -0.1) is 10.2 Å². The standard InChI is InChI=1S/C20H22N6O4S/c1-2-25(14(27)11-31-20-24-23-18(30-20)13-8-9-13)15-16(21)26(19(29)22-17(15)28)10-12-6-4-3-5-7-12/h3-7,13H,2,8-11,21H2,1H3,(H,22,28,29). The molecule has 0 radical (unpaired) electrons. The normalized spacial score (nSPS) is 13.3. The average Bonchev–Trinajstić information content (AvgIpc) is 3.51. The number of anilines is 2. The first-order valence-corrected chi connectivity index (χ1v) is 10.9. The van der Waals surface area contributed by atoms with E-state index >= 15 is 0 Å². The number of aromatic nitrogens is 4. The lowest BCUT2D eigenvalue weighted by Crippen LogP contribution is -2.41. The molecule has 3 N–H and O–H groups in total. The summed E-state index contributed by atoms with van der Waals surface area (Å²) in [6.45, 7) is 2.10. The first-order valence-electron chi connectivity index (χ1n) is 9.91. The van der Waals surface area contributed by atoms with Crippen LogP contribution in [0.4, 0.5) is 11.5 Å². The predicted molar refractivity (Wildman–Crippen MR) is 116 cm³/mol. The Labute approximate surface area is 181 Å². The summed E-state index contributed by atoms with van der Waals surface area (Å²) in [5.41, 5.74) is 5.65. The van der Waals surface area contributed by atoms with E-state index in [-0.39, 0.29) is 36.3 Å². The largest absolute Gasteiger partial charge is 0.416 e. The van der Waals surface area contributed by atoms with Crippen molar-refractivity contribution in [2.45, 2.75) is 37.5 Å². The van der Waals surface area contributed by atoms with Gasteiger partial charge in [0.2, 0.25) is 11.8 Å². The highest BCUT2D eigenvalue weighted by Gasteiger charge is 2.30. The summed E-state index contributed by atoms with van der Waals surface area (Å²) in [7, 11) is 0. The number of H-pyrrole nitrogens is 1. The van der Waals surface area contributed by atoms with Gasteiger partial charge >= 0.3 is 5.69 Å². The molecule has 3 aromatic rings. The molecule has 0 spiro atoms. The van der Waals surface area contributed by atoms with E-state index < -0.39 is 11.2 Å². The Kier molecular flexibility index (Phi) is 5.94. The van der Waals surface area contributed by atoms with Gasteiger partial charge < -0.3 is 15.1 Å². The molecule has 1 fully saturated rings. The predicted octanol–water partition coefficient (Wildman–Crippen LogP) is 1.57. The summed E-state index contributed by atoms with van der Waals surface area (Å²) in [5.74, 6) is 0.480. The van der Waals surface area contributed by atoms with Gasteiger partial charge in [-0.25, -0.2) is 4.79 Å². The molecule has 1 aromatic carbocycles. The molecule has 10 nitrogen and oxygen atoms in total. The van der Waals surface area contributed by atoms with Gasteiger partial charge in [0.05, 0.1) is 12.3 Å². The zero-order chi connectivity index (χ0) is 22.0. The van der Waals surface area contributed by atoms with E-state index in [9.17, 15) is 14.4 Å². The van der Waals surface area contributed by atoms with Crippen LogP contribution in [0.5, 0.6) is 0 Å². The lowest BCUT2D eigenvalue weighted by atomic mass is 10.2. The minimum atomic E-state index is -0.708. The molecule has 0 bridgehead atoms. The Bertz CT molecular complexity index is 1200. The van der Waals surface area contributed by atoms with Gasteiger partial charge in [0.15, 0.2) is 5.69 Å². The summed E-state index contributed by atoms with van der Waals surface area (Å²) >= 11 is 1.10. The third-order valence-electron chi connectivity index (χ3n) is 4.95. The van der Waals surface area contributed by atoms with Crippen molar-refractivity contribution in [1.82, 2.24) is 19.7 Å². The molecular formula is C20H22N6O4S. The molecule has 2 aromatic heterocycles. The summed E-state index contributed by atoms with van der Waals surface area (Å²) in [6.07, 6.45) is 2.07. The van der Waals surface area contributed by atoms with Gasteiger partial charge in [0.25, 0.3) is 10.8 Å². The van der Waals surface area contributed by atoms with Crippen LogP contribution in [0.25, 0.3) is 0 Å². The molecule has 11 heteroatoms. The van der Waals surface area contributed by atoms with Crippen LogP contribution in [0.3, 0.4) is 0 Å². The summed E-state index contributed by atoms with van der Waals surface area (Å²) < 4.78 is 6.80. The van der Waals surface area contributed by atoms with E-state index in [4.69, 9.17) is 10.2 Å². The van der Waals surface area contributed by atoms with Gasteiger partial charge in [-0.1, -0.05) is 42.1 Å². The number of carbonyl (C=O) groups excluding carboxylic acids is 1. The van der Waals surface area contributed by atoms with E-state index in [2.05, 4.69) is 15.2 Å². The van der Waals surface area contributed by atoms with Crippen LogP contribution in [-0.2, 0) is 11.3 Å². The molecule has 0 aliphatic heterocycles. The highest BCUT2D eigenvalue weighted by molar-refractivity contribution is 7.99. The number of benzene rings is 1. The van der Waals surface area contributed by atoms with Crippen LogP contribution >= 0.6 is 11.8 Å². The van der Waals surface area contributed by atoms with Crippen LogP contribution in [-0.4, -0.2) is 38.0 Å². The molecule has 1 aliphatic rings. The molecule has 1 aliphatic carbocycles. The van der Waals surface area contributed by atoms with Crippen molar-refractivity contribution in [2.75, 3.05) is 22.9 Å². The molecule has 162 valence electrons. The van der Waals surface area contributed by atoms with Crippen LogP contribution < -0.4 is 21.9 Å². The molecule has 0 atom stereocenters. The first kappa shape index (κ1) is 20.9. The van der Waals surface area contributed by atoms with Crippen molar-refractivity contribution in [2.24, 2.45) is 0 Å². The summed E-state index contributed by atoms with van der Waals surface area (Å²) in [4.78, 5) is 41.3. The third kappa shape index (κ3) is 4.55. The molecule has 0 unspecified atom stereocenters.